The van der Waals surface area contributed by atoms with E-state index in [-0.39, 0.29) is 18.4 Å². The van der Waals surface area contributed by atoms with E-state index in [0.29, 0.717) is 5.56 Å². The lowest BCUT2D eigenvalue weighted by Crippen LogP contribution is -2.47. The van der Waals surface area contributed by atoms with Gasteiger partial charge in [0.2, 0.25) is 0 Å². The Labute approximate surface area is 155 Å². The van der Waals surface area contributed by atoms with Gasteiger partial charge in [-0.2, -0.15) is 0 Å². The van der Waals surface area contributed by atoms with Crippen molar-refractivity contribution in [3.05, 3.63) is 71.8 Å². The van der Waals surface area contributed by atoms with Crippen LogP contribution in [0, 0.1) is 0 Å². The first-order valence-electron chi connectivity index (χ1n) is 8.96. The minimum Gasteiger partial charge on any atom is -0.405 e. The highest BCUT2D eigenvalue weighted by Gasteiger charge is 2.45. The summed E-state index contributed by atoms with van der Waals surface area (Å²) in [6.07, 6.45) is -0.999. The van der Waals surface area contributed by atoms with Gasteiger partial charge in [0.25, 0.3) is 0 Å². The summed E-state index contributed by atoms with van der Waals surface area (Å²) in [5, 5.41) is 3.51. The molecule has 2 aliphatic heterocycles. The molecule has 0 amide bonds. The molecule has 0 radical (unpaired) electrons. The van der Waals surface area contributed by atoms with Crippen LogP contribution in [-0.4, -0.2) is 25.1 Å². The minimum atomic E-state index is -4.73. The molecule has 2 atom stereocenters. The van der Waals surface area contributed by atoms with Crippen molar-refractivity contribution >= 4 is 5.57 Å². The first-order valence-corrected chi connectivity index (χ1v) is 8.96. The molecule has 142 valence electrons. The zero-order chi connectivity index (χ0) is 18.9. The number of alkyl halides is 3. The maximum Gasteiger partial charge on any atom is 0.573 e. The number of ether oxygens (including phenoxy) is 2. The summed E-state index contributed by atoms with van der Waals surface area (Å²) >= 11 is 0. The van der Waals surface area contributed by atoms with Gasteiger partial charge >= 0.3 is 6.36 Å². The Bertz CT molecular complexity index is 835. The Morgan fingerprint density at radius 3 is 2.56 bits per heavy atom. The van der Waals surface area contributed by atoms with Crippen molar-refractivity contribution in [2.75, 3.05) is 13.2 Å². The molecule has 1 N–H and O–H groups in total. The maximum atomic E-state index is 12.8. The van der Waals surface area contributed by atoms with Gasteiger partial charge in [0, 0.05) is 5.56 Å². The quantitative estimate of drug-likeness (QED) is 0.831. The average molecular weight is 375 g/mol. The maximum absolute atomic E-state index is 12.8. The summed E-state index contributed by atoms with van der Waals surface area (Å²) in [6, 6.07) is 16.2. The fourth-order valence-electron chi connectivity index (χ4n) is 3.98. The number of nitrogens with one attached hydrogen (secondary N) is 1. The third-order valence-electron chi connectivity index (χ3n) is 5.09. The third kappa shape index (κ3) is 3.73. The Kier molecular flexibility index (Phi) is 4.70. The van der Waals surface area contributed by atoms with Crippen LogP contribution >= 0.6 is 0 Å². The second-order valence-electron chi connectivity index (χ2n) is 6.86. The standard InChI is InChI=1S/C21H20F3NO2/c22-21(23,24)27-18-10-5-4-9-17(18)16-13-20(26-14-16)11-6-12-25-19(20)15-7-2-1-3-8-15/h1-5,7-10,13,19,25H,6,11-12,14H2/t19-,20+/m0/s1. The van der Waals surface area contributed by atoms with Crippen LogP contribution in [0.15, 0.2) is 60.7 Å². The van der Waals surface area contributed by atoms with E-state index in [9.17, 15) is 13.2 Å². The van der Waals surface area contributed by atoms with Gasteiger partial charge in [-0.15, -0.1) is 13.2 Å². The number of rotatable bonds is 3. The van der Waals surface area contributed by atoms with E-state index in [1.54, 1.807) is 12.1 Å². The van der Waals surface area contributed by atoms with E-state index in [2.05, 4.69) is 10.1 Å². The van der Waals surface area contributed by atoms with E-state index in [0.717, 1.165) is 30.5 Å². The van der Waals surface area contributed by atoms with Crippen LogP contribution in [0.25, 0.3) is 5.57 Å². The van der Waals surface area contributed by atoms with Crippen LogP contribution in [0.1, 0.15) is 30.0 Å². The Morgan fingerprint density at radius 2 is 1.78 bits per heavy atom. The molecule has 2 aromatic rings. The largest absolute Gasteiger partial charge is 0.573 e. The highest BCUT2D eigenvalue weighted by atomic mass is 19.4. The van der Waals surface area contributed by atoms with Gasteiger partial charge in [-0.05, 0) is 42.7 Å². The van der Waals surface area contributed by atoms with Crippen molar-refractivity contribution in [2.24, 2.45) is 0 Å². The highest BCUT2D eigenvalue weighted by molar-refractivity contribution is 5.74. The van der Waals surface area contributed by atoms with E-state index in [4.69, 9.17) is 4.74 Å². The Morgan fingerprint density at radius 1 is 1.04 bits per heavy atom. The molecule has 4 rings (SSSR count). The van der Waals surface area contributed by atoms with E-state index in [1.807, 2.05) is 36.4 Å². The molecule has 6 heteroatoms. The molecule has 0 bridgehead atoms. The van der Waals surface area contributed by atoms with Gasteiger partial charge in [-0.1, -0.05) is 48.5 Å². The molecule has 2 aliphatic rings. The van der Waals surface area contributed by atoms with Crippen LogP contribution < -0.4 is 10.1 Å². The number of benzene rings is 2. The Hall–Kier alpha value is -2.31. The van der Waals surface area contributed by atoms with Gasteiger partial charge in [-0.3, -0.25) is 0 Å². The fraction of sp³-hybridized carbons (Fsp3) is 0.333. The summed E-state index contributed by atoms with van der Waals surface area (Å²) in [5.41, 5.74) is 1.68. The van der Waals surface area contributed by atoms with Gasteiger partial charge in [0.15, 0.2) is 0 Å². The third-order valence-corrected chi connectivity index (χ3v) is 5.09. The van der Waals surface area contributed by atoms with Crippen LogP contribution in [0.4, 0.5) is 13.2 Å². The molecule has 0 aliphatic carbocycles. The molecule has 1 fully saturated rings. The zero-order valence-corrected chi connectivity index (χ0v) is 14.6. The van der Waals surface area contributed by atoms with Crippen LogP contribution in [0.2, 0.25) is 0 Å². The van der Waals surface area contributed by atoms with Crippen molar-refractivity contribution in [3.8, 4) is 5.75 Å². The van der Waals surface area contributed by atoms with Crippen molar-refractivity contribution in [1.29, 1.82) is 0 Å². The summed E-state index contributed by atoms with van der Waals surface area (Å²) in [4.78, 5) is 0. The fourth-order valence-corrected chi connectivity index (χ4v) is 3.98. The molecular weight excluding hydrogens is 355 g/mol. The van der Waals surface area contributed by atoms with E-state index >= 15 is 0 Å². The molecule has 1 saturated heterocycles. The molecule has 0 saturated carbocycles. The lowest BCUT2D eigenvalue weighted by atomic mass is 9.81. The molecule has 1 spiro atoms. The molecule has 0 aromatic heterocycles. The zero-order valence-electron chi connectivity index (χ0n) is 14.6. The van der Waals surface area contributed by atoms with Crippen LogP contribution in [0.5, 0.6) is 5.75 Å². The van der Waals surface area contributed by atoms with Crippen molar-refractivity contribution in [1.82, 2.24) is 5.32 Å². The lowest BCUT2D eigenvalue weighted by molar-refractivity contribution is -0.274. The summed E-state index contributed by atoms with van der Waals surface area (Å²) in [5.74, 6) is -0.197. The summed E-state index contributed by atoms with van der Waals surface area (Å²) in [6.45, 7) is 1.13. The number of halogens is 3. The minimum absolute atomic E-state index is 0.0411. The highest BCUT2D eigenvalue weighted by Crippen LogP contribution is 2.45. The predicted molar refractivity (Wildman–Crippen MR) is 96.2 cm³/mol. The molecule has 3 nitrogen and oxygen atoms in total. The second kappa shape index (κ2) is 7.02. The predicted octanol–water partition coefficient (Wildman–Crippen LogP) is 4.86. The number of para-hydroxylation sites is 1. The summed E-state index contributed by atoms with van der Waals surface area (Å²) in [7, 11) is 0. The number of hydrogen-bond donors (Lipinski definition) is 1. The lowest BCUT2D eigenvalue weighted by Gasteiger charge is -2.40. The van der Waals surface area contributed by atoms with E-state index < -0.39 is 12.0 Å². The van der Waals surface area contributed by atoms with Crippen LogP contribution in [0.3, 0.4) is 0 Å². The van der Waals surface area contributed by atoms with Crippen LogP contribution in [-0.2, 0) is 4.74 Å². The first kappa shape index (κ1) is 18.1. The molecule has 27 heavy (non-hydrogen) atoms. The number of hydrogen-bond acceptors (Lipinski definition) is 3. The number of piperidine rings is 1. The SMILES string of the molecule is FC(F)(F)Oc1ccccc1C1=C[C@@]2(CCCN[C@H]2c2ccccc2)OC1. The molecule has 2 aromatic carbocycles. The first-order chi connectivity index (χ1) is 13.0. The average Bonchev–Trinajstić information content (AvgIpc) is 3.06. The van der Waals surface area contributed by atoms with Crippen molar-refractivity contribution < 1.29 is 22.6 Å². The van der Waals surface area contributed by atoms with Gasteiger partial charge in [0.1, 0.15) is 11.4 Å². The molecule has 2 heterocycles. The monoisotopic (exact) mass is 375 g/mol. The van der Waals surface area contributed by atoms with E-state index in [1.165, 1.54) is 12.1 Å². The van der Waals surface area contributed by atoms with Gasteiger partial charge < -0.3 is 14.8 Å². The molecular formula is C21H20F3NO2. The normalized spacial score (nSPS) is 25.4. The van der Waals surface area contributed by atoms with Gasteiger partial charge in [-0.25, -0.2) is 0 Å². The molecule has 0 unspecified atom stereocenters. The smallest absolute Gasteiger partial charge is 0.405 e. The second-order valence-corrected chi connectivity index (χ2v) is 6.86. The van der Waals surface area contributed by atoms with Crippen molar-refractivity contribution in [2.45, 2.75) is 30.8 Å². The van der Waals surface area contributed by atoms with Gasteiger partial charge in [0.05, 0.1) is 12.6 Å². The van der Waals surface area contributed by atoms with Crippen molar-refractivity contribution in [3.63, 3.8) is 0 Å². The summed E-state index contributed by atoms with van der Waals surface area (Å²) < 4.78 is 48.7. The Balaban J connectivity index is 1.70. The topological polar surface area (TPSA) is 30.5 Å².